The molecule has 0 saturated heterocycles. The Bertz CT molecular complexity index is 618. The summed E-state index contributed by atoms with van der Waals surface area (Å²) in [5.41, 5.74) is 1.36. The Morgan fingerprint density at radius 2 is 2.00 bits per heavy atom. The lowest BCUT2D eigenvalue weighted by Gasteiger charge is -2.11. The van der Waals surface area contributed by atoms with Crippen molar-refractivity contribution in [2.75, 3.05) is 6.61 Å². The molecule has 106 valence electrons. The molecule has 0 saturated carbocycles. The van der Waals surface area contributed by atoms with Crippen LogP contribution in [0, 0.1) is 0 Å². The second kappa shape index (κ2) is 6.52. The molecule has 1 N–H and O–H groups in total. The first-order valence-electron chi connectivity index (χ1n) is 6.44. The number of fused-ring (bicyclic) bond motifs is 1. The molecule has 0 spiro atoms. The number of amides is 1. The molecule has 1 unspecified atom stereocenters. The highest BCUT2D eigenvalue weighted by atomic mass is 35.5. The van der Waals surface area contributed by atoms with Gasteiger partial charge in [0.1, 0.15) is 5.15 Å². The number of pyridine rings is 2. The minimum Gasteiger partial charge on any atom is -0.468 e. The summed E-state index contributed by atoms with van der Waals surface area (Å²) in [6.07, 6.45) is 0.881. The Hall–Kier alpha value is -1.88. The highest BCUT2D eigenvalue weighted by molar-refractivity contribution is 6.29. The normalized spacial score (nSPS) is 12.2. The van der Waals surface area contributed by atoms with Crippen LogP contribution >= 0.6 is 11.6 Å². The average molecular weight is 294 g/mol. The highest BCUT2D eigenvalue weighted by Gasteiger charge is 2.07. The molecule has 0 aliphatic rings. The van der Waals surface area contributed by atoms with Gasteiger partial charge in [0, 0.05) is 12.1 Å². The topological polar surface area (TPSA) is 64.1 Å². The first kappa shape index (κ1) is 14.5. The lowest BCUT2D eigenvalue weighted by molar-refractivity contribution is -0.123. The fourth-order valence-corrected chi connectivity index (χ4v) is 1.76. The van der Waals surface area contributed by atoms with Gasteiger partial charge in [0.25, 0.3) is 5.91 Å². The Balaban J connectivity index is 2.00. The number of hydrogen-bond donors (Lipinski definition) is 1. The molecule has 2 aromatic rings. The minimum absolute atomic E-state index is 0.0517. The lowest BCUT2D eigenvalue weighted by Crippen LogP contribution is -2.35. The van der Waals surface area contributed by atoms with Crippen LogP contribution in [-0.2, 0) is 4.79 Å². The summed E-state index contributed by atoms with van der Waals surface area (Å²) in [7, 11) is 0. The van der Waals surface area contributed by atoms with Crippen LogP contribution < -0.4 is 10.1 Å². The zero-order valence-electron chi connectivity index (χ0n) is 11.4. The SMILES string of the molecule is CCC(C)NC(=O)COc1ccc2nc(Cl)ccc2n1. The minimum atomic E-state index is -0.157. The van der Waals surface area contributed by atoms with E-state index in [0.717, 1.165) is 6.42 Å². The molecule has 0 aliphatic heterocycles. The van der Waals surface area contributed by atoms with E-state index in [4.69, 9.17) is 16.3 Å². The molecular formula is C14H16ClN3O2. The zero-order valence-corrected chi connectivity index (χ0v) is 12.1. The number of ether oxygens (including phenoxy) is 1. The number of nitrogens with zero attached hydrogens (tertiary/aromatic N) is 2. The second-order valence-electron chi connectivity index (χ2n) is 4.49. The van der Waals surface area contributed by atoms with Crippen molar-refractivity contribution < 1.29 is 9.53 Å². The van der Waals surface area contributed by atoms with Gasteiger partial charge in [-0.15, -0.1) is 0 Å². The van der Waals surface area contributed by atoms with Crippen molar-refractivity contribution in [1.82, 2.24) is 15.3 Å². The predicted octanol–water partition coefficient (Wildman–Crippen LogP) is 2.58. The summed E-state index contributed by atoms with van der Waals surface area (Å²) in [5, 5.41) is 3.24. The van der Waals surface area contributed by atoms with Crippen molar-refractivity contribution in [2.45, 2.75) is 26.3 Å². The third-order valence-electron chi connectivity index (χ3n) is 2.85. The van der Waals surface area contributed by atoms with Crippen LogP contribution in [0.5, 0.6) is 5.88 Å². The molecule has 1 amide bonds. The van der Waals surface area contributed by atoms with Gasteiger partial charge >= 0.3 is 0 Å². The van der Waals surface area contributed by atoms with Crippen molar-refractivity contribution in [1.29, 1.82) is 0 Å². The van der Waals surface area contributed by atoms with Gasteiger partial charge in [-0.1, -0.05) is 18.5 Å². The maximum absolute atomic E-state index is 11.6. The Kier molecular flexibility index (Phi) is 4.74. The Morgan fingerprint density at radius 3 is 2.75 bits per heavy atom. The van der Waals surface area contributed by atoms with E-state index < -0.39 is 0 Å². The summed E-state index contributed by atoms with van der Waals surface area (Å²) < 4.78 is 5.37. The number of aromatic nitrogens is 2. The van der Waals surface area contributed by atoms with Crippen LogP contribution in [0.2, 0.25) is 5.15 Å². The second-order valence-corrected chi connectivity index (χ2v) is 4.87. The molecule has 0 fully saturated rings. The van der Waals surface area contributed by atoms with Gasteiger partial charge < -0.3 is 10.1 Å². The van der Waals surface area contributed by atoms with E-state index >= 15 is 0 Å². The van der Waals surface area contributed by atoms with Crippen molar-refractivity contribution >= 4 is 28.5 Å². The van der Waals surface area contributed by atoms with Gasteiger partial charge in [0.15, 0.2) is 6.61 Å². The van der Waals surface area contributed by atoms with Crippen LogP contribution in [0.3, 0.4) is 0 Å². The van der Waals surface area contributed by atoms with Crippen molar-refractivity contribution in [3.05, 3.63) is 29.4 Å². The number of carbonyl (C=O) groups excluding carboxylic acids is 1. The molecule has 2 aromatic heterocycles. The quantitative estimate of drug-likeness (QED) is 0.861. The molecule has 0 aliphatic carbocycles. The van der Waals surface area contributed by atoms with Crippen LogP contribution in [-0.4, -0.2) is 28.5 Å². The van der Waals surface area contributed by atoms with Crippen molar-refractivity contribution in [3.63, 3.8) is 0 Å². The maximum atomic E-state index is 11.6. The van der Waals surface area contributed by atoms with Gasteiger partial charge in [-0.3, -0.25) is 4.79 Å². The summed E-state index contributed by atoms with van der Waals surface area (Å²) in [4.78, 5) is 20.0. The van der Waals surface area contributed by atoms with Crippen molar-refractivity contribution in [3.8, 4) is 5.88 Å². The molecule has 0 radical (unpaired) electrons. The molecule has 0 bridgehead atoms. The first-order valence-corrected chi connectivity index (χ1v) is 6.81. The number of rotatable bonds is 5. The maximum Gasteiger partial charge on any atom is 0.258 e. The number of halogens is 1. The van der Waals surface area contributed by atoms with E-state index in [1.54, 1.807) is 24.3 Å². The monoisotopic (exact) mass is 293 g/mol. The third kappa shape index (κ3) is 3.81. The number of carbonyl (C=O) groups is 1. The van der Waals surface area contributed by atoms with Crippen LogP contribution in [0.15, 0.2) is 24.3 Å². The molecule has 2 heterocycles. The fraction of sp³-hybridized carbons (Fsp3) is 0.357. The van der Waals surface area contributed by atoms with Gasteiger partial charge in [0.2, 0.25) is 5.88 Å². The standard InChI is InChI=1S/C14H16ClN3O2/c1-3-9(2)16-13(19)8-20-14-7-5-10-11(18-14)4-6-12(15)17-10/h4-7,9H,3,8H2,1-2H3,(H,16,19). The molecule has 6 heteroatoms. The molecule has 2 rings (SSSR count). The summed E-state index contributed by atoms with van der Waals surface area (Å²) in [6, 6.07) is 6.99. The molecular weight excluding hydrogens is 278 g/mol. The van der Waals surface area contributed by atoms with E-state index in [0.29, 0.717) is 22.1 Å². The summed E-state index contributed by atoms with van der Waals surface area (Å²) in [5.74, 6) is 0.233. The first-order chi connectivity index (χ1) is 9.58. The van der Waals surface area contributed by atoms with Crippen LogP contribution in [0.1, 0.15) is 20.3 Å². The Labute approximate surface area is 122 Å². The van der Waals surface area contributed by atoms with Gasteiger partial charge in [-0.2, -0.15) is 0 Å². The molecule has 1 atom stereocenters. The van der Waals surface area contributed by atoms with E-state index in [-0.39, 0.29) is 18.6 Å². The smallest absolute Gasteiger partial charge is 0.258 e. The van der Waals surface area contributed by atoms with Gasteiger partial charge in [-0.05, 0) is 31.5 Å². The fourth-order valence-electron chi connectivity index (χ4n) is 1.60. The summed E-state index contributed by atoms with van der Waals surface area (Å²) in [6.45, 7) is 3.90. The van der Waals surface area contributed by atoms with Crippen molar-refractivity contribution in [2.24, 2.45) is 0 Å². The Morgan fingerprint density at radius 1 is 1.30 bits per heavy atom. The number of nitrogens with one attached hydrogen (secondary N) is 1. The molecule has 5 nitrogen and oxygen atoms in total. The summed E-state index contributed by atoms with van der Waals surface area (Å²) >= 11 is 5.80. The largest absolute Gasteiger partial charge is 0.468 e. The van der Waals surface area contributed by atoms with E-state index in [9.17, 15) is 4.79 Å². The van der Waals surface area contributed by atoms with E-state index in [2.05, 4.69) is 15.3 Å². The number of hydrogen-bond acceptors (Lipinski definition) is 4. The van der Waals surface area contributed by atoms with E-state index in [1.807, 2.05) is 13.8 Å². The molecule has 20 heavy (non-hydrogen) atoms. The molecule has 0 aromatic carbocycles. The average Bonchev–Trinajstić information content (AvgIpc) is 2.44. The van der Waals surface area contributed by atoms with Gasteiger partial charge in [0.05, 0.1) is 11.0 Å². The third-order valence-corrected chi connectivity index (χ3v) is 3.06. The lowest BCUT2D eigenvalue weighted by atomic mass is 10.2. The predicted molar refractivity (Wildman–Crippen MR) is 77.9 cm³/mol. The zero-order chi connectivity index (χ0) is 14.5. The highest BCUT2D eigenvalue weighted by Crippen LogP contribution is 2.17. The van der Waals surface area contributed by atoms with Crippen LogP contribution in [0.4, 0.5) is 0 Å². The van der Waals surface area contributed by atoms with E-state index in [1.165, 1.54) is 0 Å². The van der Waals surface area contributed by atoms with Gasteiger partial charge in [-0.25, -0.2) is 9.97 Å². The van der Waals surface area contributed by atoms with Crippen LogP contribution in [0.25, 0.3) is 11.0 Å².